The summed E-state index contributed by atoms with van der Waals surface area (Å²) in [6.07, 6.45) is 1.85. The van der Waals surface area contributed by atoms with E-state index < -0.39 is 0 Å². The lowest BCUT2D eigenvalue weighted by Gasteiger charge is -2.12. The van der Waals surface area contributed by atoms with E-state index >= 15 is 0 Å². The van der Waals surface area contributed by atoms with Gasteiger partial charge in [0.05, 0.1) is 45.2 Å². The standard InChI is InChI=1S/C48H30N8/c1-4-16-31(17-5-1)44-42(53-47-34-22-10-12-24-36(34)49-30-55(44)47)40-28-14-26-38(50-40)39-27-15-29-41(51-39)43-45(32-18-6-2-7-19-32)56-46(33-20-8-3-9-21-33)52-37-25-13-11-23-35(37)48(56)54-43/h1-30H. The topological polar surface area (TPSA) is 86.2 Å². The largest absolute Gasteiger partial charge is 0.282 e. The second-order valence-corrected chi connectivity index (χ2v) is 13.6. The molecule has 11 rings (SSSR count). The van der Waals surface area contributed by atoms with Gasteiger partial charge >= 0.3 is 0 Å². The Morgan fingerprint density at radius 3 is 1.46 bits per heavy atom. The molecule has 11 aromatic rings. The monoisotopic (exact) mass is 718 g/mol. The molecule has 0 bridgehead atoms. The van der Waals surface area contributed by atoms with Gasteiger partial charge in [-0.2, -0.15) is 0 Å². The van der Waals surface area contributed by atoms with Crippen LogP contribution in [0.15, 0.2) is 182 Å². The summed E-state index contributed by atoms with van der Waals surface area (Å²) in [5.41, 5.74) is 12.7. The summed E-state index contributed by atoms with van der Waals surface area (Å²) >= 11 is 0. The first-order valence-electron chi connectivity index (χ1n) is 18.5. The smallest absolute Gasteiger partial charge is 0.149 e. The molecule has 0 N–H and O–H groups in total. The molecule has 0 amide bonds. The first kappa shape index (κ1) is 31.7. The van der Waals surface area contributed by atoms with Crippen LogP contribution in [0, 0.1) is 0 Å². The summed E-state index contributed by atoms with van der Waals surface area (Å²) in [6, 6.07) is 59.3. The van der Waals surface area contributed by atoms with E-state index in [0.717, 1.165) is 101 Å². The minimum Gasteiger partial charge on any atom is -0.282 e. The van der Waals surface area contributed by atoms with Crippen LogP contribution in [0.1, 0.15) is 0 Å². The van der Waals surface area contributed by atoms with Gasteiger partial charge in [0.2, 0.25) is 0 Å². The van der Waals surface area contributed by atoms with E-state index in [4.69, 9.17) is 29.9 Å². The third kappa shape index (κ3) is 5.15. The molecule has 8 nitrogen and oxygen atoms in total. The van der Waals surface area contributed by atoms with Gasteiger partial charge < -0.3 is 0 Å². The quantitative estimate of drug-likeness (QED) is 0.170. The fourth-order valence-corrected chi connectivity index (χ4v) is 7.65. The van der Waals surface area contributed by atoms with Gasteiger partial charge in [0.15, 0.2) is 0 Å². The van der Waals surface area contributed by atoms with Crippen LogP contribution in [-0.2, 0) is 0 Å². The molecule has 6 heterocycles. The maximum absolute atomic E-state index is 5.39. The van der Waals surface area contributed by atoms with Crippen molar-refractivity contribution in [1.29, 1.82) is 0 Å². The molecule has 0 spiro atoms. The molecule has 5 aromatic carbocycles. The van der Waals surface area contributed by atoms with Gasteiger partial charge in [0.1, 0.15) is 34.8 Å². The molecule has 0 aliphatic heterocycles. The number of benzene rings is 5. The molecule has 0 fully saturated rings. The number of para-hydroxylation sites is 2. The molecule has 0 saturated heterocycles. The van der Waals surface area contributed by atoms with Crippen LogP contribution in [0.5, 0.6) is 0 Å². The third-order valence-corrected chi connectivity index (χ3v) is 10.2. The SMILES string of the molecule is c1ccc(-c2c(-c3cccc(-c4cccc(-c5nc6c7ccccc7nc(-c7ccccc7)n6c5-c5ccccc5)n4)n3)nc3c4ccccc4ncn23)cc1. The Morgan fingerprint density at radius 2 is 0.821 bits per heavy atom. The number of hydrogen-bond acceptors (Lipinski definition) is 6. The summed E-state index contributed by atoms with van der Waals surface area (Å²) in [5, 5.41) is 1.94. The van der Waals surface area contributed by atoms with Crippen molar-refractivity contribution in [2.24, 2.45) is 0 Å². The molecule has 0 atom stereocenters. The fourth-order valence-electron chi connectivity index (χ4n) is 7.65. The zero-order chi connectivity index (χ0) is 37.0. The van der Waals surface area contributed by atoms with Gasteiger partial charge in [-0.15, -0.1) is 0 Å². The molecule has 262 valence electrons. The summed E-state index contributed by atoms with van der Waals surface area (Å²) in [4.78, 5) is 31.1. The van der Waals surface area contributed by atoms with Crippen molar-refractivity contribution in [2.45, 2.75) is 0 Å². The van der Waals surface area contributed by atoms with Gasteiger partial charge in [0, 0.05) is 27.5 Å². The van der Waals surface area contributed by atoms with Crippen molar-refractivity contribution in [3.63, 3.8) is 0 Å². The van der Waals surface area contributed by atoms with E-state index in [1.165, 1.54) is 0 Å². The van der Waals surface area contributed by atoms with Gasteiger partial charge in [-0.25, -0.2) is 29.9 Å². The van der Waals surface area contributed by atoms with E-state index in [1.807, 2.05) is 122 Å². The summed E-state index contributed by atoms with van der Waals surface area (Å²) in [6.45, 7) is 0. The highest BCUT2D eigenvalue weighted by Crippen LogP contribution is 2.39. The average Bonchev–Trinajstić information content (AvgIpc) is 3.88. The van der Waals surface area contributed by atoms with E-state index in [2.05, 4.69) is 69.5 Å². The Bertz CT molecular complexity index is 3240. The Hall–Kier alpha value is -7.84. The Balaban J connectivity index is 1.11. The highest BCUT2D eigenvalue weighted by atomic mass is 15.1. The van der Waals surface area contributed by atoms with Crippen molar-refractivity contribution < 1.29 is 0 Å². The number of fused-ring (bicyclic) bond motifs is 6. The molecular weight excluding hydrogens is 689 g/mol. The minimum absolute atomic E-state index is 0.726. The van der Waals surface area contributed by atoms with Crippen LogP contribution in [0.2, 0.25) is 0 Å². The number of hydrogen-bond donors (Lipinski definition) is 0. The van der Waals surface area contributed by atoms with Gasteiger partial charge in [-0.3, -0.25) is 8.80 Å². The lowest BCUT2D eigenvalue weighted by atomic mass is 10.1. The zero-order valence-corrected chi connectivity index (χ0v) is 29.9. The molecule has 8 heteroatoms. The Morgan fingerprint density at radius 1 is 0.339 bits per heavy atom. The molecule has 6 aromatic heterocycles. The van der Waals surface area contributed by atoms with Crippen molar-refractivity contribution in [2.75, 3.05) is 0 Å². The van der Waals surface area contributed by atoms with Crippen molar-refractivity contribution in [1.82, 2.24) is 38.7 Å². The van der Waals surface area contributed by atoms with E-state index in [1.54, 1.807) is 0 Å². The minimum atomic E-state index is 0.726. The van der Waals surface area contributed by atoms with Crippen LogP contribution in [0.4, 0.5) is 0 Å². The number of nitrogens with zero attached hydrogens (tertiary/aromatic N) is 8. The van der Waals surface area contributed by atoms with E-state index in [-0.39, 0.29) is 0 Å². The number of pyridine rings is 2. The maximum atomic E-state index is 5.39. The predicted octanol–water partition coefficient (Wildman–Crippen LogP) is 10.9. The molecule has 0 aliphatic rings. The van der Waals surface area contributed by atoms with Crippen molar-refractivity contribution >= 4 is 33.1 Å². The van der Waals surface area contributed by atoms with Crippen LogP contribution in [-0.4, -0.2) is 38.7 Å². The number of aromatic nitrogens is 8. The van der Waals surface area contributed by atoms with Crippen molar-refractivity contribution in [3.8, 4) is 68.1 Å². The molecular formula is C48H30N8. The second-order valence-electron chi connectivity index (χ2n) is 13.6. The average molecular weight is 719 g/mol. The summed E-state index contributed by atoms with van der Waals surface area (Å²) in [5.74, 6) is 0.812. The highest BCUT2D eigenvalue weighted by Gasteiger charge is 2.24. The fraction of sp³-hybridized carbons (Fsp3) is 0. The van der Waals surface area contributed by atoms with E-state index in [9.17, 15) is 0 Å². The molecule has 0 radical (unpaired) electrons. The Labute approximate surface area is 321 Å². The van der Waals surface area contributed by atoms with Crippen molar-refractivity contribution in [3.05, 3.63) is 182 Å². The van der Waals surface area contributed by atoms with Gasteiger partial charge in [0.25, 0.3) is 0 Å². The lowest BCUT2D eigenvalue weighted by molar-refractivity contribution is 1.12. The lowest BCUT2D eigenvalue weighted by Crippen LogP contribution is -2.00. The molecule has 56 heavy (non-hydrogen) atoms. The second kappa shape index (κ2) is 12.9. The van der Waals surface area contributed by atoms with Crippen LogP contribution in [0.25, 0.3) is 101 Å². The summed E-state index contributed by atoms with van der Waals surface area (Å²) < 4.78 is 4.25. The van der Waals surface area contributed by atoms with Gasteiger partial charge in [-0.05, 0) is 48.5 Å². The molecule has 0 aliphatic carbocycles. The molecule has 0 unspecified atom stereocenters. The van der Waals surface area contributed by atoms with Crippen LogP contribution >= 0.6 is 0 Å². The normalized spacial score (nSPS) is 11.6. The summed E-state index contributed by atoms with van der Waals surface area (Å²) in [7, 11) is 0. The first-order chi connectivity index (χ1) is 27.8. The third-order valence-electron chi connectivity index (χ3n) is 10.2. The van der Waals surface area contributed by atoms with Crippen LogP contribution < -0.4 is 0 Å². The molecule has 0 saturated carbocycles. The first-order valence-corrected chi connectivity index (χ1v) is 18.5. The Kier molecular flexibility index (Phi) is 7.31. The predicted molar refractivity (Wildman–Crippen MR) is 223 cm³/mol. The number of rotatable bonds is 6. The zero-order valence-electron chi connectivity index (χ0n) is 29.9. The van der Waals surface area contributed by atoms with E-state index in [0.29, 0.717) is 0 Å². The maximum Gasteiger partial charge on any atom is 0.149 e. The number of imidazole rings is 2. The van der Waals surface area contributed by atoms with Gasteiger partial charge in [-0.1, -0.05) is 127 Å². The van der Waals surface area contributed by atoms with Crippen LogP contribution in [0.3, 0.4) is 0 Å². The highest BCUT2D eigenvalue weighted by molar-refractivity contribution is 5.98.